The maximum absolute atomic E-state index is 12.9. The first kappa shape index (κ1) is 12.4. The van der Waals surface area contributed by atoms with E-state index in [1.165, 1.54) is 0 Å². The summed E-state index contributed by atoms with van der Waals surface area (Å²) < 4.78 is 0. The number of ketones is 1. The Morgan fingerprint density at radius 1 is 0.947 bits per heavy atom. The van der Waals surface area contributed by atoms with Gasteiger partial charge in [-0.1, -0.05) is 60.5 Å². The Balaban J connectivity index is 2.04. The third-order valence-corrected chi connectivity index (χ3v) is 4.42. The summed E-state index contributed by atoms with van der Waals surface area (Å²) in [6.45, 7) is 0. The molecule has 1 fully saturated rings. The van der Waals surface area contributed by atoms with Crippen molar-refractivity contribution in [2.75, 3.05) is 0 Å². The summed E-state index contributed by atoms with van der Waals surface area (Å²) in [5, 5.41) is 0.551. The molecule has 0 heterocycles. The summed E-state index contributed by atoms with van der Waals surface area (Å²) in [5.74, 6) is 0.163. The molecule has 0 atom stereocenters. The van der Waals surface area contributed by atoms with Crippen LogP contribution in [0.1, 0.15) is 35.2 Å². The first-order valence-electron chi connectivity index (χ1n) is 6.59. The van der Waals surface area contributed by atoms with Crippen molar-refractivity contribution >= 4 is 17.4 Å². The third-order valence-electron chi connectivity index (χ3n) is 4.09. The van der Waals surface area contributed by atoms with Crippen molar-refractivity contribution < 1.29 is 4.79 Å². The zero-order valence-corrected chi connectivity index (χ0v) is 11.4. The minimum atomic E-state index is -0.355. The highest BCUT2D eigenvalue weighted by Gasteiger charge is 2.45. The minimum absolute atomic E-state index is 0.163. The zero-order chi connectivity index (χ0) is 13.3. The van der Waals surface area contributed by atoms with Crippen LogP contribution < -0.4 is 0 Å². The van der Waals surface area contributed by atoms with E-state index < -0.39 is 0 Å². The van der Waals surface area contributed by atoms with Gasteiger partial charge in [-0.2, -0.15) is 0 Å². The van der Waals surface area contributed by atoms with Gasteiger partial charge in [0.1, 0.15) is 0 Å². The van der Waals surface area contributed by atoms with Crippen LogP contribution >= 0.6 is 11.6 Å². The van der Waals surface area contributed by atoms with Gasteiger partial charge in [-0.15, -0.1) is 0 Å². The molecule has 0 unspecified atom stereocenters. The van der Waals surface area contributed by atoms with Crippen molar-refractivity contribution in [3.8, 4) is 0 Å². The molecule has 0 amide bonds. The normalized spacial score (nSPS) is 16.7. The summed E-state index contributed by atoms with van der Waals surface area (Å²) >= 11 is 6.17. The van der Waals surface area contributed by atoms with E-state index in [-0.39, 0.29) is 11.2 Å². The number of carbonyl (C=O) groups is 1. The molecule has 2 heteroatoms. The molecule has 0 N–H and O–H groups in total. The topological polar surface area (TPSA) is 17.1 Å². The lowest BCUT2D eigenvalue weighted by molar-refractivity contribution is 0.0789. The summed E-state index contributed by atoms with van der Waals surface area (Å²) in [7, 11) is 0. The molecular formula is C17H15ClO. The van der Waals surface area contributed by atoms with Crippen LogP contribution in [0.15, 0.2) is 54.6 Å². The van der Waals surface area contributed by atoms with Crippen molar-refractivity contribution in [2.24, 2.45) is 0 Å². The van der Waals surface area contributed by atoms with Crippen LogP contribution in [-0.4, -0.2) is 5.78 Å². The summed E-state index contributed by atoms with van der Waals surface area (Å²) in [5.41, 5.74) is 1.41. The smallest absolute Gasteiger partial charge is 0.174 e. The second kappa shape index (κ2) is 4.82. The molecule has 3 rings (SSSR count). The fraction of sp³-hybridized carbons (Fsp3) is 0.235. The molecule has 2 aromatic carbocycles. The highest BCUT2D eigenvalue weighted by Crippen LogP contribution is 2.46. The van der Waals surface area contributed by atoms with Gasteiger partial charge in [0, 0.05) is 5.56 Å². The van der Waals surface area contributed by atoms with Crippen LogP contribution in [0, 0.1) is 0 Å². The molecule has 1 aliphatic carbocycles. The number of halogens is 1. The van der Waals surface area contributed by atoms with E-state index in [1.54, 1.807) is 6.07 Å². The first-order valence-corrected chi connectivity index (χ1v) is 6.97. The van der Waals surface area contributed by atoms with E-state index in [2.05, 4.69) is 0 Å². The maximum Gasteiger partial charge on any atom is 0.174 e. The Labute approximate surface area is 118 Å². The second-order valence-electron chi connectivity index (χ2n) is 5.11. The average molecular weight is 271 g/mol. The Kier molecular flexibility index (Phi) is 3.16. The lowest BCUT2D eigenvalue weighted by atomic mass is 9.61. The maximum atomic E-state index is 12.9. The molecule has 1 nitrogen and oxygen atoms in total. The van der Waals surface area contributed by atoms with Gasteiger partial charge in [0.05, 0.1) is 10.4 Å². The van der Waals surface area contributed by atoms with Gasteiger partial charge >= 0.3 is 0 Å². The molecule has 2 aromatic rings. The molecular weight excluding hydrogens is 256 g/mol. The third kappa shape index (κ3) is 1.98. The van der Waals surface area contributed by atoms with E-state index in [0.717, 1.165) is 24.8 Å². The fourth-order valence-electron chi connectivity index (χ4n) is 2.84. The van der Waals surface area contributed by atoms with E-state index in [1.807, 2.05) is 48.5 Å². The van der Waals surface area contributed by atoms with Gasteiger partial charge < -0.3 is 0 Å². The predicted molar refractivity (Wildman–Crippen MR) is 77.8 cm³/mol. The Bertz CT molecular complexity index is 600. The molecule has 1 saturated carbocycles. The van der Waals surface area contributed by atoms with Gasteiger partial charge in [-0.05, 0) is 30.5 Å². The summed E-state index contributed by atoms with van der Waals surface area (Å²) in [4.78, 5) is 12.9. The van der Waals surface area contributed by atoms with Crippen molar-refractivity contribution in [3.05, 3.63) is 70.7 Å². The van der Waals surface area contributed by atoms with E-state index in [4.69, 9.17) is 11.6 Å². The zero-order valence-electron chi connectivity index (χ0n) is 10.6. The highest BCUT2D eigenvalue weighted by molar-refractivity contribution is 6.34. The van der Waals surface area contributed by atoms with Gasteiger partial charge in [0.25, 0.3) is 0 Å². The van der Waals surface area contributed by atoms with Crippen molar-refractivity contribution in [1.29, 1.82) is 0 Å². The van der Waals surface area contributed by atoms with Crippen LogP contribution in [-0.2, 0) is 5.41 Å². The van der Waals surface area contributed by atoms with Crippen LogP contribution in [0.2, 0.25) is 5.02 Å². The van der Waals surface area contributed by atoms with Gasteiger partial charge in [0.15, 0.2) is 5.78 Å². The fourth-order valence-corrected chi connectivity index (χ4v) is 3.06. The van der Waals surface area contributed by atoms with Crippen molar-refractivity contribution in [1.82, 2.24) is 0 Å². The number of hydrogen-bond donors (Lipinski definition) is 0. The van der Waals surface area contributed by atoms with Crippen molar-refractivity contribution in [2.45, 2.75) is 24.7 Å². The SMILES string of the molecule is O=C(c1ccccc1Cl)C1(c2ccccc2)CCC1. The minimum Gasteiger partial charge on any atom is -0.293 e. The molecule has 0 aromatic heterocycles. The molecule has 0 saturated heterocycles. The van der Waals surface area contributed by atoms with Crippen LogP contribution in [0.5, 0.6) is 0 Å². The molecule has 19 heavy (non-hydrogen) atoms. The predicted octanol–water partition coefficient (Wildman–Crippen LogP) is 4.64. The van der Waals surface area contributed by atoms with Gasteiger partial charge in [0.2, 0.25) is 0 Å². The second-order valence-corrected chi connectivity index (χ2v) is 5.52. The number of hydrogen-bond acceptors (Lipinski definition) is 1. The molecule has 96 valence electrons. The lowest BCUT2D eigenvalue weighted by Gasteiger charge is -2.41. The molecule has 0 aliphatic heterocycles. The van der Waals surface area contributed by atoms with Crippen LogP contribution in [0.25, 0.3) is 0 Å². The standard InChI is InChI=1S/C17H15ClO/c18-15-10-5-4-9-14(15)16(19)17(11-6-12-17)13-7-2-1-3-8-13/h1-5,7-10H,6,11-12H2. The number of carbonyl (C=O) groups excluding carboxylic acids is 1. The lowest BCUT2D eigenvalue weighted by Crippen LogP contribution is -2.42. The van der Waals surface area contributed by atoms with Gasteiger partial charge in [-0.3, -0.25) is 4.79 Å². The summed E-state index contributed by atoms with van der Waals surface area (Å²) in [6.07, 6.45) is 2.94. The van der Waals surface area contributed by atoms with Crippen LogP contribution in [0.3, 0.4) is 0 Å². The van der Waals surface area contributed by atoms with Crippen molar-refractivity contribution in [3.63, 3.8) is 0 Å². The first-order chi connectivity index (χ1) is 9.24. The van der Waals surface area contributed by atoms with Gasteiger partial charge in [-0.25, -0.2) is 0 Å². The number of benzene rings is 2. The quantitative estimate of drug-likeness (QED) is 0.742. The molecule has 0 radical (unpaired) electrons. The summed E-state index contributed by atoms with van der Waals surface area (Å²) in [6, 6.07) is 17.4. The molecule has 0 spiro atoms. The van der Waals surface area contributed by atoms with Crippen LogP contribution in [0.4, 0.5) is 0 Å². The number of rotatable bonds is 3. The average Bonchev–Trinajstić information content (AvgIpc) is 2.39. The largest absolute Gasteiger partial charge is 0.293 e. The Morgan fingerprint density at radius 2 is 1.58 bits per heavy atom. The van der Waals surface area contributed by atoms with E-state index in [0.29, 0.717) is 10.6 Å². The van der Waals surface area contributed by atoms with E-state index >= 15 is 0 Å². The number of Topliss-reactive ketones (excluding diaryl/α,β-unsaturated/α-hetero) is 1. The Hall–Kier alpha value is -1.60. The Morgan fingerprint density at radius 3 is 2.16 bits per heavy atom. The molecule has 0 bridgehead atoms. The molecule has 1 aliphatic rings. The monoisotopic (exact) mass is 270 g/mol. The highest BCUT2D eigenvalue weighted by atomic mass is 35.5. The van der Waals surface area contributed by atoms with E-state index in [9.17, 15) is 4.79 Å².